The Morgan fingerprint density at radius 1 is 0.913 bits per heavy atom. The minimum absolute atomic E-state index is 1.02. The van der Waals surface area contributed by atoms with E-state index in [1.54, 1.807) is 0 Å². The Bertz CT molecular complexity index is 736. The third-order valence-electron chi connectivity index (χ3n) is 4.02. The first-order valence-corrected chi connectivity index (χ1v) is 8.65. The highest BCUT2D eigenvalue weighted by atomic mass is 15.1. The average molecular weight is 308 g/mol. The van der Waals surface area contributed by atoms with Crippen molar-refractivity contribution < 1.29 is 0 Å². The Morgan fingerprint density at radius 3 is 2.22 bits per heavy atom. The van der Waals surface area contributed by atoms with Crippen LogP contribution in [0.1, 0.15) is 45.1 Å². The van der Waals surface area contributed by atoms with Crippen LogP contribution in [-0.2, 0) is 7.05 Å². The highest BCUT2D eigenvalue weighted by Gasteiger charge is 2.08. The Labute approximate surface area is 140 Å². The van der Waals surface area contributed by atoms with E-state index >= 15 is 0 Å². The van der Waals surface area contributed by atoms with Gasteiger partial charge in [0.15, 0.2) is 0 Å². The number of unbranched alkanes of at least 4 members (excludes halogenated alkanes) is 3. The molecule has 0 aliphatic rings. The summed E-state index contributed by atoms with van der Waals surface area (Å²) in [5.74, 6) is 1.02. The lowest BCUT2D eigenvalue weighted by molar-refractivity contribution is 0.702. The number of para-hydroxylation sites is 2. The van der Waals surface area contributed by atoms with E-state index in [1.165, 1.54) is 42.3 Å². The molecule has 0 bridgehead atoms. The standard InChI is InChI=1S/C15H14N2.C6H14/c1-11-6-5-7-12(10-11)15-16-13-8-3-4-9-14(13)17(15)2;1-3-5-6-4-2/h3-10H,1-2H3;3-6H2,1-2H3. The van der Waals surface area contributed by atoms with Crippen LogP contribution in [0.3, 0.4) is 0 Å². The smallest absolute Gasteiger partial charge is 0.140 e. The van der Waals surface area contributed by atoms with E-state index in [1.807, 2.05) is 12.1 Å². The van der Waals surface area contributed by atoms with E-state index in [2.05, 4.69) is 73.8 Å². The molecular formula is C21H28N2. The molecule has 1 aromatic heterocycles. The topological polar surface area (TPSA) is 17.8 Å². The maximum Gasteiger partial charge on any atom is 0.140 e. The molecule has 0 amide bonds. The van der Waals surface area contributed by atoms with E-state index in [9.17, 15) is 0 Å². The number of aryl methyl sites for hydroxylation is 2. The minimum Gasteiger partial charge on any atom is -0.327 e. The molecule has 0 saturated heterocycles. The van der Waals surface area contributed by atoms with Crippen LogP contribution >= 0.6 is 0 Å². The van der Waals surface area contributed by atoms with Crippen molar-refractivity contribution in [1.29, 1.82) is 0 Å². The molecule has 0 unspecified atom stereocenters. The molecule has 2 nitrogen and oxygen atoms in total. The van der Waals surface area contributed by atoms with Crippen LogP contribution < -0.4 is 0 Å². The summed E-state index contributed by atoms with van der Waals surface area (Å²) in [7, 11) is 2.06. The SMILES string of the molecule is CCCCCC.Cc1cccc(-c2nc3ccccc3n2C)c1. The van der Waals surface area contributed by atoms with Gasteiger partial charge >= 0.3 is 0 Å². The summed E-state index contributed by atoms with van der Waals surface area (Å²) in [5.41, 5.74) is 4.65. The van der Waals surface area contributed by atoms with Gasteiger partial charge in [-0.05, 0) is 25.1 Å². The fourth-order valence-corrected chi connectivity index (χ4v) is 2.69. The number of imidazole rings is 1. The van der Waals surface area contributed by atoms with E-state index in [0.29, 0.717) is 0 Å². The average Bonchev–Trinajstić information content (AvgIpc) is 2.91. The maximum absolute atomic E-state index is 4.69. The fourth-order valence-electron chi connectivity index (χ4n) is 2.69. The van der Waals surface area contributed by atoms with Crippen molar-refractivity contribution in [3.8, 4) is 11.4 Å². The van der Waals surface area contributed by atoms with E-state index < -0.39 is 0 Å². The summed E-state index contributed by atoms with van der Waals surface area (Å²) in [4.78, 5) is 4.69. The molecule has 0 radical (unpaired) electrons. The van der Waals surface area contributed by atoms with Gasteiger partial charge in [-0.1, -0.05) is 75.4 Å². The van der Waals surface area contributed by atoms with Crippen molar-refractivity contribution in [1.82, 2.24) is 9.55 Å². The molecule has 0 saturated carbocycles. The highest BCUT2D eigenvalue weighted by Crippen LogP contribution is 2.23. The van der Waals surface area contributed by atoms with E-state index in [0.717, 1.165) is 11.3 Å². The second kappa shape index (κ2) is 8.52. The summed E-state index contributed by atoms with van der Waals surface area (Å²) < 4.78 is 2.14. The zero-order valence-electron chi connectivity index (χ0n) is 14.8. The summed E-state index contributed by atoms with van der Waals surface area (Å²) >= 11 is 0. The van der Waals surface area contributed by atoms with Crippen molar-refractivity contribution in [2.45, 2.75) is 46.5 Å². The summed E-state index contributed by atoms with van der Waals surface area (Å²) in [6, 6.07) is 16.7. The maximum atomic E-state index is 4.69. The van der Waals surface area contributed by atoms with Crippen molar-refractivity contribution in [3.63, 3.8) is 0 Å². The molecule has 3 aromatic rings. The minimum atomic E-state index is 1.02. The van der Waals surface area contributed by atoms with Crippen molar-refractivity contribution in [3.05, 3.63) is 54.1 Å². The van der Waals surface area contributed by atoms with Crippen LogP contribution in [0.15, 0.2) is 48.5 Å². The van der Waals surface area contributed by atoms with E-state index in [-0.39, 0.29) is 0 Å². The van der Waals surface area contributed by atoms with Gasteiger partial charge < -0.3 is 4.57 Å². The molecule has 0 fully saturated rings. The van der Waals surface area contributed by atoms with Crippen LogP contribution in [0.5, 0.6) is 0 Å². The van der Waals surface area contributed by atoms with Crippen LogP contribution in [0, 0.1) is 6.92 Å². The molecule has 0 atom stereocenters. The summed E-state index contributed by atoms with van der Waals surface area (Å²) in [6.07, 6.45) is 5.54. The number of benzene rings is 2. The molecule has 2 heteroatoms. The molecule has 122 valence electrons. The summed E-state index contributed by atoms with van der Waals surface area (Å²) in [5, 5.41) is 0. The van der Waals surface area contributed by atoms with Gasteiger partial charge in [0.25, 0.3) is 0 Å². The normalized spacial score (nSPS) is 10.4. The molecule has 0 N–H and O–H groups in total. The molecule has 23 heavy (non-hydrogen) atoms. The lowest BCUT2D eigenvalue weighted by atomic mass is 10.1. The number of hydrogen-bond donors (Lipinski definition) is 0. The first-order valence-electron chi connectivity index (χ1n) is 8.65. The van der Waals surface area contributed by atoms with Gasteiger partial charge in [-0.3, -0.25) is 0 Å². The van der Waals surface area contributed by atoms with Crippen LogP contribution in [0.25, 0.3) is 22.4 Å². The van der Waals surface area contributed by atoms with Gasteiger partial charge in [0.2, 0.25) is 0 Å². The first kappa shape index (κ1) is 17.3. The highest BCUT2D eigenvalue weighted by molar-refractivity contribution is 5.80. The molecular weight excluding hydrogens is 280 g/mol. The van der Waals surface area contributed by atoms with Crippen LogP contribution in [0.2, 0.25) is 0 Å². The lowest BCUT2D eigenvalue weighted by Gasteiger charge is -2.03. The largest absolute Gasteiger partial charge is 0.327 e. The Hall–Kier alpha value is -2.09. The van der Waals surface area contributed by atoms with Crippen molar-refractivity contribution in [2.24, 2.45) is 7.05 Å². The second-order valence-corrected chi connectivity index (χ2v) is 6.06. The first-order chi connectivity index (χ1) is 11.2. The third-order valence-corrected chi connectivity index (χ3v) is 4.02. The Kier molecular flexibility index (Phi) is 6.40. The molecule has 0 spiro atoms. The van der Waals surface area contributed by atoms with Gasteiger partial charge in [-0.15, -0.1) is 0 Å². The monoisotopic (exact) mass is 308 g/mol. The number of nitrogens with zero attached hydrogens (tertiary/aromatic N) is 2. The molecule has 0 aliphatic heterocycles. The fraction of sp³-hybridized carbons (Fsp3) is 0.381. The number of hydrogen-bond acceptors (Lipinski definition) is 1. The zero-order valence-corrected chi connectivity index (χ0v) is 14.8. The molecule has 3 rings (SSSR count). The Balaban J connectivity index is 0.000000277. The number of fused-ring (bicyclic) bond motifs is 1. The second-order valence-electron chi connectivity index (χ2n) is 6.06. The van der Waals surface area contributed by atoms with Gasteiger partial charge in [-0.25, -0.2) is 4.98 Å². The van der Waals surface area contributed by atoms with Crippen molar-refractivity contribution in [2.75, 3.05) is 0 Å². The van der Waals surface area contributed by atoms with Crippen LogP contribution in [0.4, 0.5) is 0 Å². The van der Waals surface area contributed by atoms with Gasteiger partial charge in [0.1, 0.15) is 5.82 Å². The Morgan fingerprint density at radius 2 is 1.61 bits per heavy atom. The third kappa shape index (κ3) is 4.44. The van der Waals surface area contributed by atoms with Gasteiger partial charge in [0, 0.05) is 12.6 Å². The number of aromatic nitrogens is 2. The molecule has 0 aliphatic carbocycles. The summed E-state index contributed by atoms with van der Waals surface area (Å²) in [6.45, 7) is 6.57. The quantitative estimate of drug-likeness (QED) is 0.530. The zero-order chi connectivity index (χ0) is 16.7. The number of rotatable bonds is 4. The predicted octanol–water partition coefficient (Wildman–Crippen LogP) is 6.14. The molecule has 1 heterocycles. The van der Waals surface area contributed by atoms with Gasteiger partial charge in [0.05, 0.1) is 11.0 Å². The van der Waals surface area contributed by atoms with E-state index in [4.69, 9.17) is 0 Å². The molecule has 2 aromatic carbocycles. The lowest BCUT2D eigenvalue weighted by Crippen LogP contribution is -1.92. The van der Waals surface area contributed by atoms with Gasteiger partial charge in [-0.2, -0.15) is 0 Å². The van der Waals surface area contributed by atoms with Crippen molar-refractivity contribution >= 4 is 11.0 Å². The predicted molar refractivity (Wildman–Crippen MR) is 101 cm³/mol. The van der Waals surface area contributed by atoms with Crippen LogP contribution in [-0.4, -0.2) is 9.55 Å².